The van der Waals surface area contributed by atoms with Gasteiger partial charge in [0.2, 0.25) is 0 Å². The van der Waals surface area contributed by atoms with Gasteiger partial charge in [-0.2, -0.15) is 0 Å². The van der Waals surface area contributed by atoms with Crippen LogP contribution >= 0.6 is 0 Å². The Bertz CT molecular complexity index is 582. The molecule has 0 saturated carbocycles. The molecule has 0 aliphatic carbocycles. The number of aromatic nitrogens is 2. The number of benzene rings is 1. The first-order valence-electron chi connectivity index (χ1n) is 6.18. The van der Waals surface area contributed by atoms with Crippen LogP contribution in [0.15, 0.2) is 42.7 Å². The first kappa shape index (κ1) is 13.1. The molecule has 2 aromatic rings. The summed E-state index contributed by atoms with van der Waals surface area (Å²) < 4.78 is 1.93. The number of hydrogen-bond donors (Lipinski definition) is 1. The van der Waals surface area contributed by atoms with Gasteiger partial charge in [0, 0.05) is 38.0 Å². The maximum absolute atomic E-state index is 11.7. The standard InChI is InChI=1S/C15H17N3O/c1-18-11-10-17-15(18)9-8-14(19)7-4-12-2-5-13(16)6-3-12/h2-7,10-11H,8-9,16H2,1H3/b7-4+. The molecular weight excluding hydrogens is 238 g/mol. The largest absolute Gasteiger partial charge is 0.399 e. The Hall–Kier alpha value is -2.36. The maximum Gasteiger partial charge on any atom is 0.156 e. The molecule has 0 amide bonds. The van der Waals surface area contributed by atoms with Crippen molar-refractivity contribution >= 4 is 17.5 Å². The van der Waals surface area contributed by atoms with Gasteiger partial charge in [-0.05, 0) is 23.8 Å². The highest BCUT2D eigenvalue weighted by Crippen LogP contribution is 2.08. The van der Waals surface area contributed by atoms with Crippen molar-refractivity contribution < 1.29 is 4.79 Å². The van der Waals surface area contributed by atoms with Gasteiger partial charge >= 0.3 is 0 Å². The van der Waals surface area contributed by atoms with Crippen molar-refractivity contribution in [3.05, 3.63) is 54.1 Å². The van der Waals surface area contributed by atoms with E-state index in [0.29, 0.717) is 12.8 Å². The zero-order chi connectivity index (χ0) is 13.7. The highest BCUT2D eigenvalue weighted by atomic mass is 16.1. The van der Waals surface area contributed by atoms with E-state index in [1.165, 1.54) is 0 Å². The number of carbonyl (C=O) groups is 1. The summed E-state index contributed by atoms with van der Waals surface area (Å²) in [5, 5.41) is 0. The van der Waals surface area contributed by atoms with Crippen LogP contribution in [0.3, 0.4) is 0 Å². The number of imidazole rings is 1. The lowest BCUT2D eigenvalue weighted by Gasteiger charge is -1.99. The van der Waals surface area contributed by atoms with Crippen LogP contribution in [-0.2, 0) is 18.3 Å². The van der Waals surface area contributed by atoms with Gasteiger partial charge in [0.15, 0.2) is 5.78 Å². The monoisotopic (exact) mass is 255 g/mol. The second-order valence-corrected chi connectivity index (χ2v) is 4.42. The zero-order valence-corrected chi connectivity index (χ0v) is 10.9. The lowest BCUT2D eigenvalue weighted by molar-refractivity contribution is -0.114. The average Bonchev–Trinajstić information content (AvgIpc) is 2.81. The molecule has 4 heteroatoms. The zero-order valence-electron chi connectivity index (χ0n) is 10.9. The molecular formula is C15H17N3O. The SMILES string of the molecule is Cn1ccnc1CCC(=O)/C=C/c1ccc(N)cc1. The van der Waals surface area contributed by atoms with E-state index in [0.717, 1.165) is 17.1 Å². The summed E-state index contributed by atoms with van der Waals surface area (Å²) in [6.45, 7) is 0. The number of ketones is 1. The molecule has 0 spiro atoms. The molecule has 0 unspecified atom stereocenters. The van der Waals surface area contributed by atoms with Crippen molar-refractivity contribution in [2.45, 2.75) is 12.8 Å². The van der Waals surface area contributed by atoms with Crippen LogP contribution in [0.2, 0.25) is 0 Å². The van der Waals surface area contributed by atoms with Gasteiger partial charge in [-0.1, -0.05) is 18.2 Å². The van der Waals surface area contributed by atoms with Crippen molar-refractivity contribution in [3.8, 4) is 0 Å². The van der Waals surface area contributed by atoms with E-state index in [-0.39, 0.29) is 5.78 Å². The molecule has 4 nitrogen and oxygen atoms in total. The molecule has 0 saturated heterocycles. The van der Waals surface area contributed by atoms with Crippen LogP contribution in [0.5, 0.6) is 0 Å². The number of allylic oxidation sites excluding steroid dienone is 1. The fourth-order valence-corrected chi connectivity index (χ4v) is 1.75. The van der Waals surface area contributed by atoms with Gasteiger partial charge in [0.25, 0.3) is 0 Å². The maximum atomic E-state index is 11.7. The van der Waals surface area contributed by atoms with Gasteiger partial charge < -0.3 is 10.3 Å². The van der Waals surface area contributed by atoms with E-state index in [1.54, 1.807) is 18.3 Å². The second kappa shape index (κ2) is 6.00. The first-order chi connectivity index (χ1) is 9.15. The smallest absolute Gasteiger partial charge is 0.156 e. The van der Waals surface area contributed by atoms with Gasteiger partial charge in [-0.15, -0.1) is 0 Å². The second-order valence-electron chi connectivity index (χ2n) is 4.42. The number of rotatable bonds is 5. The van der Waals surface area contributed by atoms with Gasteiger partial charge in [0.1, 0.15) is 5.82 Å². The molecule has 1 aromatic carbocycles. The van der Waals surface area contributed by atoms with Crippen molar-refractivity contribution in [2.24, 2.45) is 7.05 Å². The number of aryl methyl sites for hydroxylation is 2. The minimum atomic E-state index is 0.0971. The Morgan fingerprint density at radius 3 is 2.74 bits per heavy atom. The van der Waals surface area contributed by atoms with E-state index >= 15 is 0 Å². The van der Waals surface area contributed by atoms with Crippen molar-refractivity contribution in [3.63, 3.8) is 0 Å². The van der Waals surface area contributed by atoms with Crippen LogP contribution in [0.25, 0.3) is 6.08 Å². The molecule has 19 heavy (non-hydrogen) atoms. The Kier molecular flexibility index (Phi) is 4.13. The third-order valence-corrected chi connectivity index (χ3v) is 2.91. The van der Waals surface area contributed by atoms with E-state index in [1.807, 2.05) is 42.1 Å². The predicted molar refractivity (Wildman–Crippen MR) is 76.4 cm³/mol. The number of nitrogen functional groups attached to an aromatic ring is 1. The third kappa shape index (κ3) is 3.81. The van der Waals surface area contributed by atoms with E-state index in [9.17, 15) is 4.79 Å². The Morgan fingerprint density at radius 2 is 2.11 bits per heavy atom. The molecule has 2 rings (SSSR count). The van der Waals surface area contributed by atoms with Gasteiger partial charge in [-0.25, -0.2) is 4.98 Å². The van der Waals surface area contributed by atoms with Crippen molar-refractivity contribution in [1.82, 2.24) is 9.55 Å². The Balaban J connectivity index is 1.87. The van der Waals surface area contributed by atoms with Gasteiger partial charge in [-0.3, -0.25) is 4.79 Å². The van der Waals surface area contributed by atoms with Crippen LogP contribution in [-0.4, -0.2) is 15.3 Å². The van der Waals surface area contributed by atoms with E-state index < -0.39 is 0 Å². The quantitative estimate of drug-likeness (QED) is 0.658. The highest BCUT2D eigenvalue weighted by molar-refractivity contribution is 5.93. The molecule has 0 aliphatic heterocycles. The average molecular weight is 255 g/mol. The third-order valence-electron chi connectivity index (χ3n) is 2.91. The molecule has 0 radical (unpaired) electrons. The number of hydrogen-bond acceptors (Lipinski definition) is 3. The molecule has 0 bridgehead atoms. The van der Waals surface area contributed by atoms with Crippen molar-refractivity contribution in [2.75, 3.05) is 5.73 Å². The molecule has 0 atom stereocenters. The summed E-state index contributed by atoms with van der Waals surface area (Å²) in [6, 6.07) is 7.41. The minimum Gasteiger partial charge on any atom is -0.399 e. The van der Waals surface area contributed by atoms with Crippen molar-refractivity contribution in [1.29, 1.82) is 0 Å². The van der Waals surface area contributed by atoms with E-state index in [2.05, 4.69) is 4.98 Å². The number of nitrogens with two attached hydrogens (primary N) is 1. The summed E-state index contributed by atoms with van der Waals surface area (Å²) in [7, 11) is 1.93. The molecule has 0 aliphatic rings. The summed E-state index contributed by atoms with van der Waals surface area (Å²) in [5.74, 6) is 1.02. The molecule has 0 fully saturated rings. The topological polar surface area (TPSA) is 60.9 Å². The summed E-state index contributed by atoms with van der Waals surface area (Å²) in [5.41, 5.74) is 7.29. The molecule has 1 heterocycles. The highest BCUT2D eigenvalue weighted by Gasteiger charge is 2.02. The summed E-state index contributed by atoms with van der Waals surface area (Å²) in [6.07, 6.45) is 8.16. The van der Waals surface area contributed by atoms with Gasteiger partial charge in [0.05, 0.1) is 0 Å². The minimum absolute atomic E-state index is 0.0971. The normalized spacial score (nSPS) is 11.0. The van der Waals surface area contributed by atoms with Crippen LogP contribution in [0, 0.1) is 0 Å². The lowest BCUT2D eigenvalue weighted by atomic mass is 10.1. The fraction of sp³-hybridized carbons (Fsp3) is 0.200. The fourth-order valence-electron chi connectivity index (χ4n) is 1.75. The lowest BCUT2D eigenvalue weighted by Crippen LogP contribution is -2.01. The Labute approximate surface area is 112 Å². The summed E-state index contributed by atoms with van der Waals surface area (Å²) >= 11 is 0. The molecule has 1 aromatic heterocycles. The van der Waals surface area contributed by atoms with Crippen LogP contribution in [0.4, 0.5) is 5.69 Å². The number of nitrogens with zero attached hydrogens (tertiary/aromatic N) is 2. The van der Waals surface area contributed by atoms with Crippen LogP contribution in [0.1, 0.15) is 17.8 Å². The first-order valence-corrected chi connectivity index (χ1v) is 6.18. The van der Waals surface area contributed by atoms with Crippen LogP contribution < -0.4 is 5.73 Å². The number of anilines is 1. The summed E-state index contributed by atoms with van der Waals surface area (Å²) in [4.78, 5) is 15.9. The number of carbonyl (C=O) groups excluding carboxylic acids is 1. The van der Waals surface area contributed by atoms with E-state index in [4.69, 9.17) is 5.73 Å². The predicted octanol–water partition coefficient (Wildman–Crippen LogP) is 2.22. The molecule has 98 valence electrons. The molecule has 2 N–H and O–H groups in total. The Morgan fingerprint density at radius 1 is 1.37 bits per heavy atom.